The molecule has 5 heteroatoms. The second-order valence-corrected chi connectivity index (χ2v) is 4.72. The summed E-state index contributed by atoms with van der Waals surface area (Å²) < 4.78 is 11.1. The Morgan fingerprint density at radius 1 is 1.50 bits per heavy atom. The van der Waals surface area contributed by atoms with E-state index in [-0.39, 0.29) is 16.7 Å². The summed E-state index contributed by atoms with van der Waals surface area (Å²) in [4.78, 5) is 0.0754. The lowest BCUT2D eigenvalue weighted by Gasteiger charge is -2.15. The number of rotatable bonds is 6. The van der Waals surface area contributed by atoms with Gasteiger partial charge in [-0.15, -0.1) is 0 Å². The molecule has 1 rings (SSSR count). The molecule has 0 aromatic heterocycles. The third-order valence-corrected chi connectivity index (χ3v) is 3.01. The van der Waals surface area contributed by atoms with Crippen LogP contribution in [0.5, 0.6) is 11.5 Å². The Hall–Kier alpha value is -2.06. The Labute approximate surface area is 124 Å². The average molecular weight is 290 g/mol. The Morgan fingerprint density at radius 3 is 2.70 bits per heavy atom. The molecule has 0 bridgehead atoms. The topological polar surface area (TPSA) is 68.3 Å². The van der Waals surface area contributed by atoms with Crippen LogP contribution in [0.4, 0.5) is 0 Å². The highest BCUT2D eigenvalue weighted by Gasteiger charge is 2.09. The van der Waals surface area contributed by atoms with Crippen LogP contribution in [0.1, 0.15) is 25.8 Å². The van der Waals surface area contributed by atoms with Gasteiger partial charge in [-0.05, 0) is 37.1 Å². The van der Waals surface area contributed by atoms with Crippen molar-refractivity contribution in [1.29, 1.82) is 5.26 Å². The molecule has 0 aliphatic rings. The van der Waals surface area contributed by atoms with Crippen molar-refractivity contribution < 1.29 is 9.47 Å². The fraction of sp³-hybridized carbons (Fsp3) is 0.333. The van der Waals surface area contributed by atoms with E-state index in [0.717, 1.165) is 12.0 Å². The standard InChI is InChI=1S/C15H18N2O2S/c1-4-10(2)19-13-6-5-11(8-14(13)18-3)7-12(9-16)15(17)20/h5-8,10H,4H2,1-3H3,(H2,17,20)/b12-7-/t10-/m0/s1. The van der Waals surface area contributed by atoms with E-state index in [0.29, 0.717) is 11.5 Å². The van der Waals surface area contributed by atoms with Crippen molar-refractivity contribution in [3.63, 3.8) is 0 Å². The molecule has 1 aromatic rings. The maximum atomic E-state index is 8.95. The van der Waals surface area contributed by atoms with Crippen LogP contribution in [0.25, 0.3) is 6.08 Å². The quantitative estimate of drug-likeness (QED) is 0.495. The highest BCUT2D eigenvalue weighted by Crippen LogP contribution is 2.30. The van der Waals surface area contributed by atoms with Gasteiger partial charge in [0.25, 0.3) is 0 Å². The molecule has 0 amide bonds. The predicted octanol–water partition coefficient (Wildman–Crippen LogP) is 3.07. The zero-order valence-corrected chi connectivity index (χ0v) is 12.7. The lowest BCUT2D eigenvalue weighted by molar-refractivity contribution is 0.207. The summed E-state index contributed by atoms with van der Waals surface area (Å²) in [6.07, 6.45) is 2.64. The number of thiocarbonyl (C=S) groups is 1. The second kappa shape index (κ2) is 7.51. The molecule has 1 aromatic carbocycles. The van der Waals surface area contributed by atoms with Crippen LogP contribution in [0, 0.1) is 11.3 Å². The van der Waals surface area contributed by atoms with Crippen molar-refractivity contribution >= 4 is 23.3 Å². The minimum absolute atomic E-state index is 0.0754. The van der Waals surface area contributed by atoms with E-state index in [1.807, 2.05) is 25.1 Å². The van der Waals surface area contributed by atoms with Gasteiger partial charge in [0, 0.05) is 0 Å². The number of benzene rings is 1. The van der Waals surface area contributed by atoms with Gasteiger partial charge in [0.15, 0.2) is 11.5 Å². The zero-order chi connectivity index (χ0) is 15.1. The molecule has 0 aliphatic carbocycles. The van der Waals surface area contributed by atoms with Crippen LogP contribution in [0.3, 0.4) is 0 Å². The maximum Gasteiger partial charge on any atom is 0.161 e. The zero-order valence-electron chi connectivity index (χ0n) is 11.8. The third-order valence-electron chi connectivity index (χ3n) is 2.79. The first-order chi connectivity index (χ1) is 9.51. The van der Waals surface area contributed by atoms with Gasteiger partial charge in [0.05, 0.1) is 18.8 Å². The monoisotopic (exact) mass is 290 g/mol. The molecule has 20 heavy (non-hydrogen) atoms. The van der Waals surface area contributed by atoms with Gasteiger partial charge in [-0.1, -0.05) is 25.2 Å². The number of ether oxygens (including phenoxy) is 2. The summed E-state index contributed by atoms with van der Waals surface area (Å²) in [7, 11) is 1.57. The van der Waals surface area contributed by atoms with Crippen molar-refractivity contribution in [1.82, 2.24) is 0 Å². The third kappa shape index (κ3) is 4.25. The number of nitrogens with zero attached hydrogens (tertiary/aromatic N) is 1. The Kier molecular flexibility index (Phi) is 6.01. The van der Waals surface area contributed by atoms with E-state index in [1.54, 1.807) is 19.3 Å². The van der Waals surface area contributed by atoms with Crippen LogP contribution >= 0.6 is 12.2 Å². The average Bonchev–Trinajstić information content (AvgIpc) is 2.45. The van der Waals surface area contributed by atoms with E-state index >= 15 is 0 Å². The van der Waals surface area contributed by atoms with Gasteiger partial charge in [0.2, 0.25) is 0 Å². The van der Waals surface area contributed by atoms with Crippen molar-refractivity contribution in [2.45, 2.75) is 26.4 Å². The van der Waals surface area contributed by atoms with Crippen molar-refractivity contribution in [2.24, 2.45) is 5.73 Å². The number of hydrogen-bond donors (Lipinski definition) is 1. The molecule has 0 unspecified atom stereocenters. The SMILES string of the molecule is CC[C@H](C)Oc1ccc(/C=C(/C#N)C(N)=S)cc1OC. The molecule has 2 N–H and O–H groups in total. The molecule has 106 valence electrons. The smallest absolute Gasteiger partial charge is 0.161 e. The summed E-state index contributed by atoms with van der Waals surface area (Å²) in [6, 6.07) is 7.39. The molecule has 0 aliphatic heterocycles. The highest BCUT2D eigenvalue weighted by atomic mass is 32.1. The van der Waals surface area contributed by atoms with Crippen molar-refractivity contribution in [3.8, 4) is 17.6 Å². The minimum Gasteiger partial charge on any atom is -0.493 e. The summed E-state index contributed by atoms with van der Waals surface area (Å²) in [6.45, 7) is 4.05. The first kappa shape index (κ1) is 16.0. The molecule has 0 fully saturated rings. The molecule has 0 saturated heterocycles. The van der Waals surface area contributed by atoms with E-state index in [1.165, 1.54) is 0 Å². The maximum absolute atomic E-state index is 8.95. The molecule has 0 radical (unpaired) electrons. The van der Waals surface area contributed by atoms with Gasteiger partial charge < -0.3 is 15.2 Å². The molecule has 0 saturated carbocycles. The molecule has 0 heterocycles. The van der Waals surface area contributed by atoms with E-state index in [2.05, 4.69) is 6.92 Å². The van der Waals surface area contributed by atoms with Crippen LogP contribution in [-0.4, -0.2) is 18.2 Å². The molecular formula is C15H18N2O2S. The predicted molar refractivity (Wildman–Crippen MR) is 83.8 cm³/mol. The molecule has 1 atom stereocenters. The van der Waals surface area contributed by atoms with Crippen LogP contribution in [0.15, 0.2) is 23.8 Å². The minimum atomic E-state index is 0.0754. The lowest BCUT2D eigenvalue weighted by atomic mass is 10.1. The lowest BCUT2D eigenvalue weighted by Crippen LogP contribution is -2.11. The number of nitriles is 1. The number of nitrogens with two attached hydrogens (primary N) is 1. The Bertz CT molecular complexity index is 561. The van der Waals surface area contributed by atoms with Gasteiger partial charge in [-0.25, -0.2) is 0 Å². The fourth-order valence-electron chi connectivity index (χ4n) is 1.50. The van der Waals surface area contributed by atoms with E-state index in [9.17, 15) is 0 Å². The number of hydrogen-bond acceptors (Lipinski definition) is 4. The molecular weight excluding hydrogens is 272 g/mol. The summed E-state index contributed by atoms with van der Waals surface area (Å²) in [5, 5.41) is 8.95. The van der Waals surface area contributed by atoms with Gasteiger partial charge in [-0.3, -0.25) is 0 Å². The van der Waals surface area contributed by atoms with Crippen molar-refractivity contribution in [2.75, 3.05) is 7.11 Å². The Balaban J connectivity index is 3.10. The highest BCUT2D eigenvalue weighted by molar-refractivity contribution is 7.80. The first-order valence-electron chi connectivity index (χ1n) is 6.28. The molecule has 0 spiro atoms. The van der Waals surface area contributed by atoms with Crippen molar-refractivity contribution in [3.05, 3.63) is 29.3 Å². The normalized spacial score (nSPS) is 12.4. The summed E-state index contributed by atoms with van der Waals surface area (Å²) in [5.41, 5.74) is 6.51. The van der Waals surface area contributed by atoms with Crippen LogP contribution < -0.4 is 15.2 Å². The van der Waals surface area contributed by atoms with E-state index < -0.39 is 0 Å². The Morgan fingerprint density at radius 2 is 2.20 bits per heavy atom. The largest absolute Gasteiger partial charge is 0.493 e. The fourth-order valence-corrected chi connectivity index (χ4v) is 1.60. The van der Waals surface area contributed by atoms with Crippen LogP contribution in [-0.2, 0) is 0 Å². The van der Waals surface area contributed by atoms with Crippen LogP contribution in [0.2, 0.25) is 0 Å². The van der Waals surface area contributed by atoms with Gasteiger partial charge >= 0.3 is 0 Å². The summed E-state index contributed by atoms with van der Waals surface area (Å²) >= 11 is 4.81. The molecule has 4 nitrogen and oxygen atoms in total. The first-order valence-corrected chi connectivity index (χ1v) is 6.68. The van der Waals surface area contributed by atoms with Gasteiger partial charge in [0.1, 0.15) is 11.1 Å². The van der Waals surface area contributed by atoms with Gasteiger partial charge in [-0.2, -0.15) is 5.26 Å². The van der Waals surface area contributed by atoms with E-state index in [4.69, 9.17) is 32.7 Å². The summed E-state index contributed by atoms with van der Waals surface area (Å²) in [5.74, 6) is 1.28. The second-order valence-electron chi connectivity index (χ2n) is 4.28. The number of methoxy groups -OCH3 is 1.